The van der Waals surface area contributed by atoms with Crippen molar-refractivity contribution in [2.24, 2.45) is 0 Å². The van der Waals surface area contributed by atoms with Gasteiger partial charge in [0, 0.05) is 11.1 Å². The third-order valence-electron chi connectivity index (χ3n) is 2.81. The molecule has 0 aliphatic carbocycles. The molecule has 0 atom stereocenters. The zero-order valence-corrected chi connectivity index (χ0v) is 9.88. The average molecular weight is 237 g/mol. The molecule has 3 aromatic rings. The van der Waals surface area contributed by atoms with Crippen LogP contribution in [0, 0.1) is 6.92 Å². The molecular formula is C15H11NO2. The Morgan fingerprint density at radius 2 is 1.89 bits per heavy atom. The van der Waals surface area contributed by atoms with Gasteiger partial charge in [-0.05, 0) is 31.2 Å². The monoisotopic (exact) mass is 237 g/mol. The van der Waals surface area contributed by atoms with E-state index in [0.717, 1.165) is 11.1 Å². The summed E-state index contributed by atoms with van der Waals surface area (Å²) < 4.78 is 5.29. The van der Waals surface area contributed by atoms with Crippen molar-refractivity contribution in [1.82, 2.24) is 4.98 Å². The smallest absolute Gasteiger partial charge is 0.345 e. The van der Waals surface area contributed by atoms with Crippen LogP contribution in [0.5, 0.6) is 0 Å². The van der Waals surface area contributed by atoms with Crippen LogP contribution in [0.15, 0.2) is 57.7 Å². The minimum absolute atomic E-state index is 0.355. The zero-order chi connectivity index (χ0) is 12.5. The van der Waals surface area contributed by atoms with Crippen molar-refractivity contribution < 1.29 is 4.42 Å². The van der Waals surface area contributed by atoms with Gasteiger partial charge in [-0.15, -0.1) is 0 Å². The van der Waals surface area contributed by atoms with Gasteiger partial charge in [0.15, 0.2) is 0 Å². The topological polar surface area (TPSA) is 43.1 Å². The van der Waals surface area contributed by atoms with Crippen molar-refractivity contribution >= 4 is 11.0 Å². The van der Waals surface area contributed by atoms with Gasteiger partial charge in [-0.3, -0.25) is 4.98 Å². The molecule has 0 unspecified atom stereocenters. The second-order valence-electron chi connectivity index (χ2n) is 4.15. The molecule has 88 valence electrons. The van der Waals surface area contributed by atoms with Crippen LogP contribution < -0.4 is 5.63 Å². The van der Waals surface area contributed by atoms with Gasteiger partial charge >= 0.3 is 5.63 Å². The maximum absolute atomic E-state index is 11.9. The van der Waals surface area contributed by atoms with Crippen molar-refractivity contribution in [2.45, 2.75) is 6.92 Å². The van der Waals surface area contributed by atoms with E-state index in [-0.39, 0.29) is 5.63 Å². The molecule has 0 radical (unpaired) electrons. The predicted molar refractivity (Wildman–Crippen MR) is 70.5 cm³/mol. The van der Waals surface area contributed by atoms with E-state index in [0.29, 0.717) is 16.8 Å². The largest absolute Gasteiger partial charge is 0.422 e. The highest BCUT2D eigenvalue weighted by Gasteiger charge is 2.08. The Balaban J connectivity index is 2.29. The average Bonchev–Trinajstić information content (AvgIpc) is 2.38. The molecular weight excluding hydrogens is 226 g/mol. The summed E-state index contributed by atoms with van der Waals surface area (Å²) in [4.78, 5) is 16.3. The van der Waals surface area contributed by atoms with Gasteiger partial charge in [0.05, 0.1) is 11.3 Å². The summed E-state index contributed by atoms with van der Waals surface area (Å²) >= 11 is 0. The highest BCUT2D eigenvalue weighted by molar-refractivity contribution is 5.80. The number of rotatable bonds is 1. The van der Waals surface area contributed by atoms with Crippen molar-refractivity contribution in [3.05, 3.63) is 64.6 Å². The lowest BCUT2D eigenvalue weighted by Crippen LogP contribution is -2.04. The van der Waals surface area contributed by atoms with E-state index < -0.39 is 0 Å². The Bertz CT molecular complexity index is 775. The summed E-state index contributed by atoms with van der Waals surface area (Å²) in [5.74, 6) is 0. The molecule has 0 saturated carbocycles. The van der Waals surface area contributed by atoms with Crippen LogP contribution in [0.2, 0.25) is 0 Å². The van der Waals surface area contributed by atoms with Gasteiger partial charge in [-0.2, -0.15) is 0 Å². The van der Waals surface area contributed by atoms with Crippen LogP contribution in [0.3, 0.4) is 0 Å². The number of nitrogens with zero attached hydrogens (tertiary/aromatic N) is 1. The second kappa shape index (κ2) is 4.11. The van der Waals surface area contributed by atoms with E-state index in [9.17, 15) is 4.79 Å². The molecule has 0 aliphatic rings. The van der Waals surface area contributed by atoms with Crippen molar-refractivity contribution in [2.75, 3.05) is 0 Å². The molecule has 3 heteroatoms. The minimum Gasteiger partial charge on any atom is -0.422 e. The number of hydrogen-bond acceptors (Lipinski definition) is 3. The first-order valence-electron chi connectivity index (χ1n) is 5.71. The summed E-state index contributed by atoms with van der Waals surface area (Å²) in [7, 11) is 0. The molecule has 0 saturated heterocycles. The maximum atomic E-state index is 11.9. The summed E-state index contributed by atoms with van der Waals surface area (Å²) in [5, 5.41) is 0.899. The SMILES string of the molecule is Cc1cccc(-c2cc3ccccc3oc2=O)n1. The van der Waals surface area contributed by atoms with Crippen LogP contribution in [0.25, 0.3) is 22.2 Å². The van der Waals surface area contributed by atoms with Gasteiger partial charge in [-0.25, -0.2) is 4.79 Å². The molecule has 18 heavy (non-hydrogen) atoms. The van der Waals surface area contributed by atoms with Crippen LogP contribution >= 0.6 is 0 Å². The van der Waals surface area contributed by atoms with Crippen LogP contribution in [-0.2, 0) is 0 Å². The first kappa shape index (κ1) is 10.7. The Morgan fingerprint density at radius 1 is 1.06 bits per heavy atom. The molecule has 1 aromatic carbocycles. The Labute approximate surface area is 104 Å². The molecule has 0 N–H and O–H groups in total. The number of fused-ring (bicyclic) bond motifs is 1. The second-order valence-corrected chi connectivity index (χ2v) is 4.15. The minimum atomic E-state index is -0.355. The lowest BCUT2D eigenvalue weighted by molar-refractivity contribution is 0.563. The van der Waals surface area contributed by atoms with E-state index in [4.69, 9.17) is 4.42 Å². The molecule has 0 spiro atoms. The normalized spacial score (nSPS) is 10.7. The fourth-order valence-electron chi connectivity index (χ4n) is 1.93. The highest BCUT2D eigenvalue weighted by atomic mass is 16.4. The van der Waals surface area contributed by atoms with Crippen LogP contribution in [0.1, 0.15) is 5.69 Å². The molecule has 2 heterocycles. The van der Waals surface area contributed by atoms with Gasteiger partial charge in [0.25, 0.3) is 0 Å². The van der Waals surface area contributed by atoms with Crippen molar-refractivity contribution in [3.63, 3.8) is 0 Å². The zero-order valence-electron chi connectivity index (χ0n) is 9.88. The van der Waals surface area contributed by atoms with E-state index in [1.165, 1.54) is 0 Å². The van der Waals surface area contributed by atoms with Gasteiger partial charge < -0.3 is 4.42 Å². The Hall–Kier alpha value is -2.42. The Morgan fingerprint density at radius 3 is 2.72 bits per heavy atom. The van der Waals surface area contributed by atoms with Crippen LogP contribution in [0.4, 0.5) is 0 Å². The van der Waals surface area contributed by atoms with E-state index >= 15 is 0 Å². The molecule has 0 aliphatic heterocycles. The lowest BCUT2D eigenvalue weighted by Gasteiger charge is -2.02. The fourth-order valence-corrected chi connectivity index (χ4v) is 1.93. The third kappa shape index (κ3) is 1.80. The third-order valence-corrected chi connectivity index (χ3v) is 2.81. The maximum Gasteiger partial charge on any atom is 0.345 e. The quantitative estimate of drug-likeness (QED) is 0.610. The lowest BCUT2D eigenvalue weighted by atomic mass is 10.1. The number of para-hydroxylation sites is 1. The Kier molecular flexibility index (Phi) is 2.45. The standard InChI is InChI=1S/C15H11NO2/c1-10-5-4-7-13(16-10)12-9-11-6-2-3-8-14(11)18-15(12)17/h2-9H,1H3. The highest BCUT2D eigenvalue weighted by Crippen LogP contribution is 2.19. The van der Waals surface area contributed by atoms with E-state index in [1.54, 1.807) is 6.07 Å². The van der Waals surface area contributed by atoms with Gasteiger partial charge in [-0.1, -0.05) is 24.3 Å². The summed E-state index contributed by atoms with van der Waals surface area (Å²) in [6.45, 7) is 1.90. The van der Waals surface area contributed by atoms with E-state index in [2.05, 4.69) is 4.98 Å². The number of aryl methyl sites for hydroxylation is 1. The summed E-state index contributed by atoms with van der Waals surface area (Å²) in [6, 6.07) is 14.9. The molecule has 0 fully saturated rings. The van der Waals surface area contributed by atoms with Crippen molar-refractivity contribution in [3.8, 4) is 11.3 Å². The van der Waals surface area contributed by atoms with Crippen molar-refractivity contribution in [1.29, 1.82) is 0 Å². The number of aromatic nitrogens is 1. The molecule has 3 nitrogen and oxygen atoms in total. The fraction of sp³-hybridized carbons (Fsp3) is 0.0667. The van der Waals surface area contributed by atoms with Crippen LogP contribution in [-0.4, -0.2) is 4.98 Å². The first-order chi connectivity index (χ1) is 8.74. The van der Waals surface area contributed by atoms with E-state index in [1.807, 2.05) is 49.4 Å². The first-order valence-corrected chi connectivity index (χ1v) is 5.71. The molecule has 0 bridgehead atoms. The number of hydrogen-bond donors (Lipinski definition) is 0. The number of benzene rings is 1. The molecule has 3 rings (SSSR count). The summed E-state index contributed by atoms with van der Waals surface area (Å²) in [6.07, 6.45) is 0. The molecule has 0 amide bonds. The van der Waals surface area contributed by atoms with Gasteiger partial charge in [0.1, 0.15) is 5.58 Å². The summed E-state index contributed by atoms with van der Waals surface area (Å²) in [5.41, 5.74) is 2.26. The molecule has 2 aromatic heterocycles. The van der Waals surface area contributed by atoms with Gasteiger partial charge in [0.2, 0.25) is 0 Å². The number of pyridine rings is 1. The predicted octanol–water partition coefficient (Wildman–Crippen LogP) is 3.16.